The molecule has 0 saturated carbocycles. The summed E-state index contributed by atoms with van der Waals surface area (Å²) in [7, 11) is 0. The highest BCUT2D eigenvalue weighted by atomic mass is 16.3. The second-order valence-electron chi connectivity index (χ2n) is 16.9. The van der Waals surface area contributed by atoms with E-state index >= 15 is 0 Å². The van der Waals surface area contributed by atoms with Crippen LogP contribution in [-0.2, 0) is 5.41 Å². The van der Waals surface area contributed by atoms with E-state index in [0.717, 1.165) is 77.8 Å². The lowest BCUT2D eigenvalue weighted by Crippen LogP contribution is -2.14. The van der Waals surface area contributed by atoms with E-state index in [1.54, 1.807) is 0 Å². The molecule has 0 atom stereocenters. The number of fused-ring (bicyclic) bond motifs is 7. The first-order chi connectivity index (χ1) is 30.5. The molecule has 9 aromatic carbocycles. The summed E-state index contributed by atoms with van der Waals surface area (Å²) in [5, 5.41) is 4.73. The zero-order valence-corrected chi connectivity index (χ0v) is 34.4. The molecule has 0 unspecified atom stereocenters. The lowest BCUT2D eigenvalue weighted by atomic mass is 9.81. The number of hydrogen-bond donors (Lipinski definition) is 0. The molecule has 0 saturated heterocycles. The maximum Gasteiger partial charge on any atom is 0.160 e. The van der Waals surface area contributed by atoms with Crippen LogP contribution in [0, 0.1) is 0 Å². The number of furan rings is 1. The number of benzene rings is 9. The van der Waals surface area contributed by atoms with Gasteiger partial charge in [-0.1, -0.05) is 166 Å². The van der Waals surface area contributed by atoms with E-state index in [4.69, 9.17) is 14.4 Å². The predicted octanol–water partition coefficient (Wildman–Crippen LogP) is 15.8. The fraction of sp³-hybridized carbons (Fsp3) is 0.0508. The van der Waals surface area contributed by atoms with E-state index in [0.29, 0.717) is 5.82 Å². The zero-order valence-electron chi connectivity index (χ0n) is 34.4. The highest BCUT2D eigenvalue weighted by molar-refractivity contribution is 6.06. The molecule has 0 radical (unpaired) electrons. The van der Waals surface area contributed by atoms with Crippen LogP contribution in [0.5, 0.6) is 0 Å². The van der Waals surface area contributed by atoms with Crippen LogP contribution in [0.15, 0.2) is 211 Å². The molecule has 3 nitrogen and oxygen atoms in total. The Kier molecular flexibility index (Phi) is 8.20. The van der Waals surface area contributed by atoms with Crippen molar-refractivity contribution in [3.05, 3.63) is 217 Å². The summed E-state index contributed by atoms with van der Waals surface area (Å²) in [5.41, 5.74) is 18.5. The number of hydrogen-bond acceptors (Lipinski definition) is 3. The van der Waals surface area contributed by atoms with Crippen LogP contribution in [-0.4, -0.2) is 9.97 Å². The van der Waals surface area contributed by atoms with E-state index in [-0.39, 0.29) is 5.41 Å². The van der Waals surface area contributed by atoms with Crippen molar-refractivity contribution in [2.24, 2.45) is 0 Å². The molecule has 292 valence electrons. The second-order valence-corrected chi connectivity index (χ2v) is 16.9. The first-order valence-electron chi connectivity index (χ1n) is 21.3. The first-order valence-corrected chi connectivity index (χ1v) is 21.3. The molecule has 2 heterocycles. The van der Waals surface area contributed by atoms with Crippen molar-refractivity contribution in [3.63, 3.8) is 0 Å². The molecular weight excluding hydrogens is 753 g/mol. The molecule has 3 heteroatoms. The first kappa shape index (κ1) is 36.0. The van der Waals surface area contributed by atoms with Gasteiger partial charge in [-0.25, -0.2) is 9.97 Å². The third kappa shape index (κ3) is 5.89. The number of rotatable bonds is 6. The van der Waals surface area contributed by atoms with Crippen molar-refractivity contribution in [3.8, 4) is 78.4 Å². The Hall–Kier alpha value is -7.88. The van der Waals surface area contributed by atoms with Crippen molar-refractivity contribution in [2.45, 2.75) is 19.3 Å². The number of aromatic nitrogens is 2. The number of nitrogens with zero attached hydrogens (tertiary/aromatic N) is 2. The van der Waals surface area contributed by atoms with Crippen molar-refractivity contribution < 1.29 is 4.42 Å². The highest BCUT2D eigenvalue weighted by Crippen LogP contribution is 2.54. The summed E-state index contributed by atoms with van der Waals surface area (Å²) in [6.07, 6.45) is 0. The molecule has 2 aromatic heterocycles. The Morgan fingerprint density at radius 1 is 0.355 bits per heavy atom. The zero-order chi connectivity index (χ0) is 41.4. The molecule has 0 N–H and O–H groups in total. The molecule has 0 bridgehead atoms. The van der Waals surface area contributed by atoms with Crippen LogP contribution in [0.3, 0.4) is 0 Å². The summed E-state index contributed by atoms with van der Waals surface area (Å²) in [5.74, 6) is 0.682. The third-order valence-corrected chi connectivity index (χ3v) is 12.9. The predicted molar refractivity (Wildman–Crippen MR) is 257 cm³/mol. The van der Waals surface area contributed by atoms with Crippen LogP contribution in [0.4, 0.5) is 0 Å². The number of para-hydroxylation sites is 1. The fourth-order valence-corrected chi connectivity index (χ4v) is 9.73. The minimum absolute atomic E-state index is 0.154. The third-order valence-electron chi connectivity index (χ3n) is 12.9. The van der Waals surface area contributed by atoms with Gasteiger partial charge in [-0.2, -0.15) is 0 Å². The van der Waals surface area contributed by atoms with Gasteiger partial charge < -0.3 is 4.42 Å². The van der Waals surface area contributed by atoms with Crippen LogP contribution in [0.1, 0.15) is 25.0 Å². The molecule has 62 heavy (non-hydrogen) atoms. The monoisotopic (exact) mass is 792 g/mol. The van der Waals surface area contributed by atoms with Gasteiger partial charge in [0.1, 0.15) is 11.2 Å². The van der Waals surface area contributed by atoms with Gasteiger partial charge in [-0.3, -0.25) is 0 Å². The molecule has 0 aliphatic heterocycles. The Bertz CT molecular complexity index is 3540. The standard InChI is InChI=1S/C59H40N2O/c1-59(2)51-26-15-25-48(57(51)50-34-39-20-9-10-21-40(39)35-52(50)59)45-22-11-12-23-46(45)54-36-53(60-58(61-54)38-18-7-4-8-19-38)44-31-42(37-16-5-3-6-17-37)30-43(32-44)41-28-29-56-49(33-41)47-24-13-14-27-55(47)62-56/h3-36H,1-2H3. The minimum Gasteiger partial charge on any atom is -0.456 e. The lowest BCUT2D eigenvalue weighted by Gasteiger charge is -2.22. The van der Waals surface area contributed by atoms with Crippen molar-refractivity contribution in [2.75, 3.05) is 0 Å². The molecule has 1 aliphatic rings. The Balaban J connectivity index is 1.07. The summed E-state index contributed by atoms with van der Waals surface area (Å²) < 4.78 is 6.23. The minimum atomic E-state index is -0.154. The van der Waals surface area contributed by atoms with Gasteiger partial charge in [0.05, 0.1) is 11.4 Å². The van der Waals surface area contributed by atoms with Crippen molar-refractivity contribution in [1.82, 2.24) is 9.97 Å². The van der Waals surface area contributed by atoms with Gasteiger partial charge >= 0.3 is 0 Å². The molecule has 0 spiro atoms. The molecular formula is C59H40N2O. The Morgan fingerprint density at radius 2 is 0.968 bits per heavy atom. The van der Waals surface area contributed by atoms with Crippen molar-refractivity contribution >= 4 is 32.7 Å². The van der Waals surface area contributed by atoms with Gasteiger partial charge in [-0.15, -0.1) is 0 Å². The Labute approximate surface area is 360 Å². The average molecular weight is 793 g/mol. The normalized spacial score (nSPS) is 12.8. The fourth-order valence-electron chi connectivity index (χ4n) is 9.73. The largest absolute Gasteiger partial charge is 0.456 e. The summed E-state index contributed by atoms with van der Waals surface area (Å²) in [6, 6.07) is 73.8. The lowest BCUT2D eigenvalue weighted by molar-refractivity contribution is 0.661. The van der Waals surface area contributed by atoms with Gasteiger partial charge in [0.15, 0.2) is 5.82 Å². The van der Waals surface area contributed by atoms with E-state index < -0.39 is 0 Å². The maximum absolute atomic E-state index is 6.23. The molecule has 0 fully saturated rings. The van der Waals surface area contributed by atoms with Gasteiger partial charge in [0, 0.05) is 32.9 Å². The van der Waals surface area contributed by atoms with Crippen LogP contribution in [0.25, 0.3) is 111 Å². The quantitative estimate of drug-likeness (QED) is 0.168. The second kappa shape index (κ2) is 14.1. The molecule has 11 aromatic rings. The van der Waals surface area contributed by atoms with Crippen LogP contribution >= 0.6 is 0 Å². The highest BCUT2D eigenvalue weighted by Gasteiger charge is 2.37. The maximum atomic E-state index is 6.23. The Morgan fingerprint density at radius 3 is 1.77 bits per heavy atom. The van der Waals surface area contributed by atoms with Crippen LogP contribution in [0.2, 0.25) is 0 Å². The van der Waals surface area contributed by atoms with Crippen molar-refractivity contribution in [1.29, 1.82) is 0 Å². The van der Waals surface area contributed by atoms with E-state index in [2.05, 4.69) is 202 Å². The molecule has 12 rings (SSSR count). The van der Waals surface area contributed by atoms with Gasteiger partial charge in [0.25, 0.3) is 0 Å². The van der Waals surface area contributed by atoms with E-state index in [1.165, 1.54) is 38.6 Å². The SMILES string of the molecule is CC1(C)c2cc3ccccc3cc2-c2c(-c3ccccc3-c3cc(-c4cc(-c5ccccc5)cc(-c5ccc6oc7ccccc7c6c5)c4)nc(-c4ccccc4)n3)cccc21. The summed E-state index contributed by atoms with van der Waals surface area (Å²) in [4.78, 5) is 10.8. The van der Waals surface area contributed by atoms with Gasteiger partial charge in [-0.05, 0) is 121 Å². The molecule has 0 amide bonds. The van der Waals surface area contributed by atoms with E-state index in [9.17, 15) is 0 Å². The summed E-state index contributed by atoms with van der Waals surface area (Å²) >= 11 is 0. The topological polar surface area (TPSA) is 38.9 Å². The van der Waals surface area contributed by atoms with Crippen LogP contribution < -0.4 is 0 Å². The van der Waals surface area contributed by atoms with Gasteiger partial charge in [0.2, 0.25) is 0 Å². The smallest absolute Gasteiger partial charge is 0.160 e. The van der Waals surface area contributed by atoms with E-state index in [1.807, 2.05) is 18.2 Å². The average Bonchev–Trinajstić information content (AvgIpc) is 3.82. The molecule has 1 aliphatic carbocycles. The summed E-state index contributed by atoms with van der Waals surface area (Å²) in [6.45, 7) is 4.72.